The van der Waals surface area contributed by atoms with E-state index in [1.807, 2.05) is 0 Å². The van der Waals surface area contributed by atoms with Gasteiger partial charge in [0.2, 0.25) is 10.0 Å². The van der Waals surface area contributed by atoms with Crippen molar-refractivity contribution in [2.75, 3.05) is 13.1 Å². The number of hydrogen-bond donors (Lipinski definition) is 1. The van der Waals surface area contributed by atoms with Gasteiger partial charge in [-0.1, -0.05) is 6.07 Å². The number of nitro benzene ring substituents is 1. The fourth-order valence-corrected chi connectivity index (χ4v) is 3.59. The van der Waals surface area contributed by atoms with Crippen molar-refractivity contribution in [3.8, 4) is 0 Å². The van der Waals surface area contributed by atoms with Crippen LogP contribution in [0.1, 0.15) is 5.56 Å². The summed E-state index contributed by atoms with van der Waals surface area (Å²) in [6, 6.07) is 3.94. The maximum atomic E-state index is 12.1. The first-order chi connectivity index (χ1) is 8.34. The third-order valence-electron chi connectivity index (χ3n) is 2.90. The molecule has 1 aromatic carbocycles. The minimum Gasteiger partial charge on any atom is -0.390 e. The largest absolute Gasteiger partial charge is 0.390 e. The minimum absolute atomic E-state index is 0.0322. The first kappa shape index (κ1) is 12.9. The number of β-amino-alcohol motifs (C(OH)–C–C–N with tert-alkyl or cyclic N) is 1. The van der Waals surface area contributed by atoms with Gasteiger partial charge in [-0.15, -0.1) is 0 Å². The van der Waals surface area contributed by atoms with Crippen molar-refractivity contribution in [1.82, 2.24) is 4.31 Å². The molecule has 1 heterocycles. The average molecular weight is 272 g/mol. The molecule has 0 saturated carbocycles. The number of hydrogen-bond acceptors (Lipinski definition) is 5. The lowest BCUT2D eigenvalue weighted by molar-refractivity contribution is -0.385. The van der Waals surface area contributed by atoms with Crippen molar-refractivity contribution in [2.45, 2.75) is 17.9 Å². The van der Waals surface area contributed by atoms with Crippen LogP contribution in [-0.2, 0) is 10.0 Å². The van der Waals surface area contributed by atoms with Gasteiger partial charge in [0.1, 0.15) is 0 Å². The Bertz CT molecular complexity index is 592. The fraction of sp³-hybridized carbons (Fsp3) is 0.400. The van der Waals surface area contributed by atoms with E-state index in [4.69, 9.17) is 5.11 Å². The second kappa shape index (κ2) is 4.30. The zero-order valence-corrected chi connectivity index (χ0v) is 10.4. The second-order valence-electron chi connectivity index (χ2n) is 4.13. The van der Waals surface area contributed by atoms with Crippen molar-refractivity contribution in [3.05, 3.63) is 33.9 Å². The summed E-state index contributed by atoms with van der Waals surface area (Å²) in [4.78, 5) is 10.1. The molecular formula is C10H12N2O5S. The topological polar surface area (TPSA) is 101 Å². The number of nitrogens with zero attached hydrogens (tertiary/aromatic N) is 2. The fourth-order valence-electron chi connectivity index (χ4n) is 1.83. The molecule has 0 bridgehead atoms. The Morgan fingerprint density at radius 3 is 2.56 bits per heavy atom. The van der Waals surface area contributed by atoms with Crippen LogP contribution < -0.4 is 0 Å². The Morgan fingerprint density at radius 2 is 2.06 bits per heavy atom. The molecular weight excluding hydrogens is 260 g/mol. The second-order valence-corrected chi connectivity index (χ2v) is 6.04. The first-order valence-electron chi connectivity index (χ1n) is 5.26. The Kier molecular flexibility index (Phi) is 3.09. The minimum atomic E-state index is -3.75. The molecule has 0 amide bonds. The van der Waals surface area contributed by atoms with Crippen LogP contribution in [0.3, 0.4) is 0 Å². The predicted molar refractivity (Wildman–Crippen MR) is 62.6 cm³/mol. The maximum absolute atomic E-state index is 12.1. The van der Waals surface area contributed by atoms with Gasteiger partial charge in [-0.05, 0) is 13.0 Å². The molecule has 98 valence electrons. The summed E-state index contributed by atoms with van der Waals surface area (Å²) in [6.45, 7) is 1.47. The quantitative estimate of drug-likeness (QED) is 0.628. The molecule has 0 aliphatic carbocycles. The molecule has 8 heteroatoms. The lowest BCUT2D eigenvalue weighted by Gasteiger charge is -2.34. The molecule has 0 spiro atoms. The van der Waals surface area contributed by atoms with Crippen LogP contribution in [0.5, 0.6) is 0 Å². The van der Waals surface area contributed by atoms with Gasteiger partial charge >= 0.3 is 0 Å². The monoisotopic (exact) mass is 272 g/mol. The number of benzene rings is 1. The summed E-state index contributed by atoms with van der Waals surface area (Å²) in [5, 5.41) is 19.9. The van der Waals surface area contributed by atoms with Gasteiger partial charge < -0.3 is 5.11 Å². The summed E-state index contributed by atoms with van der Waals surface area (Å²) in [5.74, 6) is 0. The molecule has 7 nitrogen and oxygen atoms in total. The van der Waals surface area contributed by atoms with Crippen molar-refractivity contribution < 1.29 is 18.4 Å². The summed E-state index contributed by atoms with van der Waals surface area (Å²) in [5.41, 5.74) is -0.110. The Labute approximate surface area is 104 Å². The standard InChI is InChI=1S/C10H12N2O5S/c1-7-9(12(14)15)3-2-4-10(7)18(16,17)11-5-8(13)6-11/h2-4,8,13H,5-6H2,1H3. The van der Waals surface area contributed by atoms with E-state index >= 15 is 0 Å². The number of sulfonamides is 1. The SMILES string of the molecule is Cc1c([N+](=O)[O-])cccc1S(=O)(=O)N1CC(O)C1. The molecule has 1 aromatic rings. The zero-order chi connectivity index (χ0) is 13.5. The predicted octanol–water partition coefficient (Wildman–Crippen LogP) is 0.268. The van der Waals surface area contributed by atoms with Gasteiger partial charge in [-0.25, -0.2) is 8.42 Å². The molecule has 0 unspecified atom stereocenters. The molecule has 2 rings (SSSR count). The zero-order valence-electron chi connectivity index (χ0n) is 9.61. The molecule has 1 saturated heterocycles. The van der Waals surface area contributed by atoms with E-state index in [1.54, 1.807) is 0 Å². The molecule has 0 aromatic heterocycles. The van der Waals surface area contributed by atoms with Gasteiger partial charge in [0.15, 0.2) is 0 Å². The van der Waals surface area contributed by atoms with Crippen LogP contribution in [-0.4, -0.2) is 41.9 Å². The van der Waals surface area contributed by atoms with Crippen molar-refractivity contribution in [3.63, 3.8) is 0 Å². The maximum Gasteiger partial charge on any atom is 0.273 e. The average Bonchev–Trinajstić information content (AvgIpc) is 2.24. The smallest absolute Gasteiger partial charge is 0.273 e. The van der Waals surface area contributed by atoms with Gasteiger partial charge in [0.25, 0.3) is 5.69 Å². The van der Waals surface area contributed by atoms with Crippen LogP contribution in [0.4, 0.5) is 5.69 Å². The van der Waals surface area contributed by atoms with Crippen LogP contribution in [0.25, 0.3) is 0 Å². The third-order valence-corrected chi connectivity index (χ3v) is 4.87. The van der Waals surface area contributed by atoms with E-state index in [-0.39, 0.29) is 29.2 Å². The van der Waals surface area contributed by atoms with Crippen LogP contribution in [0.2, 0.25) is 0 Å². The molecule has 0 radical (unpaired) electrons. The third kappa shape index (κ3) is 1.98. The molecule has 1 aliphatic heterocycles. The molecule has 0 atom stereocenters. The van der Waals surface area contributed by atoms with E-state index in [0.717, 1.165) is 4.31 Å². The molecule has 1 fully saturated rings. The lowest BCUT2D eigenvalue weighted by atomic mass is 10.2. The van der Waals surface area contributed by atoms with Crippen LogP contribution >= 0.6 is 0 Å². The van der Waals surface area contributed by atoms with E-state index in [0.29, 0.717) is 0 Å². The van der Waals surface area contributed by atoms with Crippen LogP contribution in [0, 0.1) is 17.0 Å². The summed E-state index contributed by atoms with van der Waals surface area (Å²) in [6.07, 6.45) is -0.654. The molecule has 18 heavy (non-hydrogen) atoms. The van der Waals surface area contributed by atoms with Gasteiger partial charge in [-0.2, -0.15) is 4.31 Å². The molecule has 1 N–H and O–H groups in total. The Morgan fingerprint density at radius 1 is 1.44 bits per heavy atom. The van der Waals surface area contributed by atoms with Crippen molar-refractivity contribution >= 4 is 15.7 Å². The number of aliphatic hydroxyl groups excluding tert-OH is 1. The summed E-state index contributed by atoms with van der Waals surface area (Å²) >= 11 is 0. The summed E-state index contributed by atoms with van der Waals surface area (Å²) in [7, 11) is -3.75. The first-order valence-corrected chi connectivity index (χ1v) is 6.70. The van der Waals surface area contributed by atoms with Gasteiger partial charge in [0.05, 0.1) is 15.9 Å². The highest BCUT2D eigenvalue weighted by Gasteiger charge is 2.37. The van der Waals surface area contributed by atoms with Gasteiger partial charge in [-0.3, -0.25) is 10.1 Å². The Hall–Kier alpha value is -1.51. The van der Waals surface area contributed by atoms with E-state index < -0.39 is 21.1 Å². The van der Waals surface area contributed by atoms with Crippen molar-refractivity contribution in [1.29, 1.82) is 0 Å². The van der Waals surface area contributed by atoms with E-state index in [1.165, 1.54) is 25.1 Å². The van der Waals surface area contributed by atoms with Crippen LogP contribution in [0.15, 0.2) is 23.1 Å². The number of aliphatic hydroxyl groups is 1. The highest BCUT2D eigenvalue weighted by atomic mass is 32.2. The number of rotatable bonds is 3. The van der Waals surface area contributed by atoms with E-state index in [2.05, 4.69) is 0 Å². The Balaban J connectivity index is 2.46. The highest BCUT2D eigenvalue weighted by Crippen LogP contribution is 2.29. The van der Waals surface area contributed by atoms with Crippen molar-refractivity contribution in [2.24, 2.45) is 0 Å². The summed E-state index contributed by atoms with van der Waals surface area (Å²) < 4.78 is 25.4. The number of nitro groups is 1. The normalized spacial score (nSPS) is 17.4. The molecule has 1 aliphatic rings. The van der Waals surface area contributed by atoms with Gasteiger partial charge in [0, 0.05) is 24.7 Å². The highest BCUT2D eigenvalue weighted by molar-refractivity contribution is 7.89. The lowest BCUT2D eigenvalue weighted by Crippen LogP contribution is -2.53. The van der Waals surface area contributed by atoms with E-state index in [9.17, 15) is 18.5 Å².